The number of benzene rings is 1. The van der Waals surface area contributed by atoms with Crippen molar-refractivity contribution in [1.29, 1.82) is 0 Å². The van der Waals surface area contributed by atoms with Crippen LogP contribution in [-0.4, -0.2) is 56.7 Å². The van der Waals surface area contributed by atoms with Crippen molar-refractivity contribution in [3.8, 4) is 5.69 Å². The summed E-state index contributed by atoms with van der Waals surface area (Å²) in [5.41, 5.74) is 2.38. The van der Waals surface area contributed by atoms with Gasteiger partial charge in [-0.05, 0) is 62.8 Å². The molecular formula is C28H37FN6O. The number of halogens is 1. The van der Waals surface area contributed by atoms with Crippen LogP contribution < -0.4 is 4.90 Å². The van der Waals surface area contributed by atoms with Gasteiger partial charge in [-0.3, -0.25) is 4.79 Å². The van der Waals surface area contributed by atoms with Gasteiger partial charge >= 0.3 is 0 Å². The van der Waals surface area contributed by atoms with Gasteiger partial charge in [0.15, 0.2) is 5.65 Å². The zero-order valence-corrected chi connectivity index (χ0v) is 21.7. The molecule has 1 saturated carbocycles. The lowest BCUT2D eigenvalue weighted by Crippen LogP contribution is -2.38. The Bertz CT molecular complexity index is 1210. The van der Waals surface area contributed by atoms with E-state index in [1.807, 2.05) is 11.6 Å². The number of rotatable bonds is 6. The maximum absolute atomic E-state index is 13.6. The Kier molecular flexibility index (Phi) is 7.21. The summed E-state index contributed by atoms with van der Waals surface area (Å²) in [4.78, 5) is 27.5. The number of hydrogen-bond acceptors (Lipinski definition) is 5. The monoisotopic (exact) mass is 492 g/mol. The first kappa shape index (κ1) is 24.7. The SMILES string of the molecule is Cc1nn(-c2ccc(F)cc2)c2nc(CCC(C)C)nc(N3CCCN(C(=O)C4CCCC4)CC3)c12. The molecule has 1 amide bonds. The van der Waals surface area contributed by atoms with E-state index in [1.54, 1.807) is 12.1 Å². The molecule has 3 heterocycles. The molecule has 3 aromatic rings. The molecule has 2 fully saturated rings. The van der Waals surface area contributed by atoms with E-state index in [1.165, 1.54) is 25.0 Å². The summed E-state index contributed by atoms with van der Waals surface area (Å²) < 4.78 is 15.4. The second-order valence-corrected chi connectivity index (χ2v) is 10.7. The number of aromatic nitrogens is 4. The molecule has 0 spiro atoms. The average Bonchev–Trinajstić information content (AvgIpc) is 3.44. The molecule has 1 aliphatic heterocycles. The van der Waals surface area contributed by atoms with Crippen LogP contribution >= 0.6 is 0 Å². The van der Waals surface area contributed by atoms with E-state index in [-0.39, 0.29) is 11.7 Å². The molecule has 0 atom stereocenters. The van der Waals surface area contributed by atoms with Gasteiger partial charge in [0.1, 0.15) is 17.5 Å². The van der Waals surface area contributed by atoms with Gasteiger partial charge in [-0.1, -0.05) is 26.7 Å². The number of hydrogen-bond donors (Lipinski definition) is 0. The Hall–Kier alpha value is -3.03. The van der Waals surface area contributed by atoms with Crippen molar-refractivity contribution in [2.45, 2.75) is 65.7 Å². The van der Waals surface area contributed by atoms with Crippen molar-refractivity contribution in [2.75, 3.05) is 31.1 Å². The fourth-order valence-corrected chi connectivity index (χ4v) is 5.51. The molecule has 2 aliphatic rings. The summed E-state index contributed by atoms with van der Waals surface area (Å²) >= 11 is 0. The van der Waals surface area contributed by atoms with Crippen molar-refractivity contribution in [2.24, 2.45) is 11.8 Å². The zero-order chi connectivity index (χ0) is 25.2. The molecule has 1 aromatic carbocycles. The van der Waals surface area contributed by atoms with Gasteiger partial charge in [0.2, 0.25) is 5.91 Å². The molecule has 36 heavy (non-hydrogen) atoms. The molecule has 1 saturated heterocycles. The Morgan fingerprint density at radius 2 is 1.78 bits per heavy atom. The number of carbonyl (C=O) groups excluding carboxylic acids is 1. The number of amides is 1. The van der Waals surface area contributed by atoms with Crippen molar-refractivity contribution < 1.29 is 9.18 Å². The van der Waals surface area contributed by atoms with Crippen LogP contribution in [0.25, 0.3) is 16.7 Å². The van der Waals surface area contributed by atoms with Gasteiger partial charge < -0.3 is 9.80 Å². The van der Waals surface area contributed by atoms with Crippen LogP contribution in [-0.2, 0) is 11.2 Å². The van der Waals surface area contributed by atoms with Crippen molar-refractivity contribution >= 4 is 22.8 Å². The van der Waals surface area contributed by atoms with Gasteiger partial charge in [0.05, 0.1) is 16.8 Å². The van der Waals surface area contributed by atoms with E-state index in [4.69, 9.17) is 15.1 Å². The largest absolute Gasteiger partial charge is 0.354 e. The van der Waals surface area contributed by atoms with Gasteiger partial charge in [-0.25, -0.2) is 19.0 Å². The fourth-order valence-electron chi connectivity index (χ4n) is 5.51. The summed E-state index contributed by atoms with van der Waals surface area (Å²) in [5, 5.41) is 5.73. The first-order valence-corrected chi connectivity index (χ1v) is 13.5. The lowest BCUT2D eigenvalue weighted by Gasteiger charge is -2.25. The summed E-state index contributed by atoms with van der Waals surface area (Å²) in [6, 6.07) is 6.36. The molecule has 5 rings (SSSR count). The smallest absolute Gasteiger partial charge is 0.225 e. The molecule has 192 valence electrons. The predicted molar refractivity (Wildman–Crippen MR) is 140 cm³/mol. The van der Waals surface area contributed by atoms with E-state index in [0.717, 1.165) is 85.8 Å². The molecule has 2 aromatic heterocycles. The summed E-state index contributed by atoms with van der Waals surface area (Å²) in [6.45, 7) is 9.49. The third-order valence-electron chi connectivity index (χ3n) is 7.56. The Morgan fingerprint density at radius 3 is 2.50 bits per heavy atom. The van der Waals surface area contributed by atoms with Gasteiger partial charge in [-0.2, -0.15) is 5.10 Å². The van der Waals surface area contributed by atoms with Crippen LogP contribution in [0.5, 0.6) is 0 Å². The minimum Gasteiger partial charge on any atom is -0.354 e. The molecule has 0 radical (unpaired) electrons. The van der Waals surface area contributed by atoms with Gasteiger partial charge in [-0.15, -0.1) is 0 Å². The average molecular weight is 493 g/mol. The molecule has 7 nitrogen and oxygen atoms in total. The molecule has 0 unspecified atom stereocenters. The van der Waals surface area contributed by atoms with E-state index in [0.29, 0.717) is 18.4 Å². The number of nitrogens with zero attached hydrogens (tertiary/aromatic N) is 6. The highest BCUT2D eigenvalue weighted by atomic mass is 19.1. The number of carbonyl (C=O) groups is 1. The highest BCUT2D eigenvalue weighted by Crippen LogP contribution is 2.31. The van der Waals surface area contributed by atoms with Crippen LogP contribution in [0.1, 0.15) is 63.9 Å². The second-order valence-electron chi connectivity index (χ2n) is 10.7. The van der Waals surface area contributed by atoms with E-state index >= 15 is 0 Å². The van der Waals surface area contributed by atoms with Crippen LogP contribution in [0.4, 0.5) is 10.2 Å². The summed E-state index contributed by atoms with van der Waals surface area (Å²) in [7, 11) is 0. The third kappa shape index (κ3) is 5.08. The van der Waals surface area contributed by atoms with Crippen LogP contribution in [0.2, 0.25) is 0 Å². The van der Waals surface area contributed by atoms with E-state index in [2.05, 4.69) is 23.6 Å². The highest BCUT2D eigenvalue weighted by Gasteiger charge is 2.30. The lowest BCUT2D eigenvalue weighted by atomic mass is 10.1. The maximum atomic E-state index is 13.6. The minimum atomic E-state index is -0.277. The summed E-state index contributed by atoms with van der Waals surface area (Å²) in [6.07, 6.45) is 7.11. The third-order valence-corrected chi connectivity index (χ3v) is 7.56. The van der Waals surface area contributed by atoms with Crippen molar-refractivity contribution in [3.63, 3.8) is 0 Å². The molecule has 0 bridgehead atoms. The molecular weight excluding hydrogens is 455 g/mol. The number of anilines is 1. The van der Waals surface area contributed by atoms with E-state index in [9.17, 15) is 9.18 Å². The summed E-state index contributed by atoms with van der Waals surface area (Å²) in [5.74, 6) is 2.52. The predicted octanol–water partition coefficient (Wildman–Crippen LogP) is 5.08. The van der Waals surface area contributed by atoms with Gasteiger partial charge in [0.25, 0.3) is 0 Å². The van der Waals surface area contributed by atoms with Gasteiger partial charge in [0, 0.05) is 38.5 Å². The normalized spacial score (nSPS) is 17.4. The number of aryl methyl sites for hydroxylation is 2. The first-order valence-electron chi connectivity index (χ1n) is 13.5. The Labute approximate surface area is 212 Å². The molecule has 1 aliphatic carbocycles. The van der Waals surface area contributed by atoms with Crippen LogP contribution in [0.3, 0.4) is 0 Å². The zero-order valence-electron chi connectivity index (χ0n) is 21.7. The fraction of sp³-hybridized carbons (Fsp3) is 0.571. The quantitative estimate of drug-likeness (QED) is 0.480. The van der Waals surface area contributed by atoms with E-state index < -0.39 is 0 Å². The minimum absolute atomic E-state index is 0.209. The maximum Gasteiger partial charge on any atom is 0.225 e. The van der Waals surface area contributed by atoms with Crippen molar-refractivity contribution in [1.82, 2.24) is 24.6 Å². The Morgan fingerprint density at radius 1 is 1.03 bits per heavy atom. The van der Waals surface area contributed by atoms with Crippen LogP contribution in [0, 0.1) is 24.6 Å². The van der Waals surface area contributed by atoms with Crippen LogP contribution in [0.15, 0.2) is 24.3 Å². The topological polar surface area (TPSA) is 67.2 Å². The Balaban J connectivity index is 1.50. The highest BCUT2D eigenvalue weighted by molar-refractivity contribution is 5.91. The molecule has 8 heteroatoms. The lowest BCUT2D eigenvalue weighted by molar-refractivity contribution is -0.135. The number of fused-ring (bicyclic) bond motifs is 1. The first-order chi connectivity index (χ1) is 17.4. The standard InChI is InChI=1S/C28H37FN6O/c1-19(2)9-14-24-30-26(33-15-6-16-34(18-17-33)28(36)21-7-4-5-8-21)25-20(3)32-35(27(25)31-24)23-12-10-22(29)11-13-23/h10-13,19,21H,4-9,14-18H2,1-3H3. The molecule has 0 N–H and O–H groups in total. The van der Waals surface area contributed by atoms with Crippen molar-refractivity contribution in [3.05, 3.63) is 41.6 Å². The second kappa shape index (κ2) is 10.5.